The molecule has 10 nitrogen and oxygen atoms in total. The van der Waals surface area contributed by atoms with Gasteiger partial charge in [0.15, 0.2) is 0 Å². The number of H-pyrrole nitrogens is 2. The summed E-state index contributed by atoms with van der Waals surface area (Å²) in [6.45, 7) is 8.15. The zero-order valence-corrected chi connectivity index (χ0v) is 36.1. The minimum absolute atomic E-state index is 0.0586. The molecule has 0 saturated carbocycles. The van der Waals surface area contributed by atoms with Crippen LogP contribution in [0.5, 0.6) is 23.0 Å². The summed E-state index contributed by atoms with van der Waals surface area (Å²) in [7, 11) is 6.51. The van der Waals surface area contributed by atoms with Crippen molar-refractivity contribution in [2.45, 2.75) is 24.0 Å². The average Bonchev–Trinajstić information content (AvgIpc) is 4.14. The van der Waals surface area contributed by atoms with Gasteiger partial charge < -0.3 is 39.1 Å². The van der Waals surface area contributed by atoms with Gasteiger partial charge in [0, 0.05) is 57.2 Å². The number of hydrogen-bond acceptors (Lipinski definition) is 8. The van der Waals surface area contributed by atoms with Gasteiger partial charge in [0.05, 0.1) is 51.2 Å². The third-order valence-corrected chi connectivity index (χ3v) is 12.1. The topological polar surface area (TPSA) is 135 Å². The molecule has 10 heteroatoms. The first-order valence-corrected chi connectivity index (χ1v) is 20.9. The molecular formula is C54H48N4O6. The van der Waals surface area contributed by atoms with E-state index in [1.807, 2.05) is 133 Å². The minimum atomic E-state index is -2.03. The van der Waals surface area contributed by atoms with Crippen LogP contribution in [0.15, 0.2) is 147 Å². The maximum atomic E-state index is 13.5. The Balaban J connectivity index is 1.57. The van der Waals surface area contributed by atoms with E-state index in [9.17, 15) is 10.2 Å². The fourth-order valence-corrected chi connectivity index (χ4v) is 9.01. The molecule has 8 bridgehead atoms. The zero-order chi connectivity index (χ0) is 44.6. The van der Waals surface area contributed by atoms with Gasteiger partial charge in [-0.1, -0.05) is 60.7 Å². The average molecular weight is 849 g/mol. The Bertz CT molecular complexity index is 2960. The lowest BCUT2D eigenvalue weighted by Crippen LogP contribution is -2.46. The molecule has 0 radical (unpaired) electrons. The Kier molecular flexibility index (Phi) is 11.0. The van der Waals surface area contributed by atoms with Crippen molar-refractivity contribution in [1.29, 1.82) is 0 Å². The second kappa shape index (κ2) is 16.9. The van der Waals surface area contributed by atoms with Crippen LogP contribution in [0.4, 0.5) is 0 Å². The highest BCUT2D eigenvalue weighted by atomic mass is 16.5. The molecule has 7 aromatic rings. The second-order valence-corrected chi connectivity index (χ2v) is 15.7. The summed E-state index contributed by atoms with van der Waals surface area (Å²) in [5, 5.41) is 27.0. The number of ether oxygens (including phenoxy) is 4. The number of aromatic nitrogens is 4. The fourth-order valence-electron chi connectivity index (χ4n) is 9.01. The lowest BCUT2D eigenvalue weighted by Gasteiger charge is -2.38. The molecule has 0 saturated heterocycles. The van der Waals surface area contributed by atoms with Crippen LogP contribution >= 0.6 is 0 Å². The van der Waals surface area contributed by atoms with Gasteiger partial charge in [-0.15, -0.1) is 13.2 Å². The SMILES string of the molecule is C=CCC1(O)c2nc(c(-c3cccc(OC)c3)c3ccc([nH]3)c(-c3cccc(OC)c3)c3nc(c(-c4cccc(OC)c4)c4ccc([nH]4)c2-c2cccc(OC)c2)C=C3)C1(O)CC=C. The molecule has 0 aliphatic carbocycles. The van der Waals surface area contributed by atoms with Crippen LogP contribution in [-0.4, -0.2) is 58.6 Å². The maximum absolute atomic E-state index is 13.5. The summed E-state index contributed by atoms with van der Waals surface area (Å²) in [4.78, 5) is 18.3. The standard InChI is InChI=1S/C54H48N4O6/c1-7-27-53(59)51-49(35-15-11-19-39(31-35)63-5)45-25-23-43(56-45)47(33-13-9-17-37(29-33)61-3)41-21-22-42(55-41)48(34-14-10-18-38(30-34)62-4)44-24-26-46(57-44)50(36-16-12-20-40(32-36)64-6)52(58-51)54(53,60)28-8-2/h7-26,29-32,56-57,59-60H,1-2,27-28H2,3-6H3. The van der Waals surface area contributed by atoms with Crippen LogP contribution in [0.1, 0.15) is 35.6 Å². The number of benzene rings is 4. The van der Waals surface area contributed by atoms with Gasteiger partial charge in [-0.3, -0.25) is 0 Å². The molecule has 4 N–H and O–H groups in total. The zero-order valence-electron chi connectivity index (χ0n) is 36.1. The van der Waals surface area contributed by atoms with E-state index in [-0.39, 0.29) is 24.2 Å². The van der Waals surface area contributed by atoms with Crippen molar-refractivity contribution in [1.82, 2.24) is 19.9 Å². The number of rotatable bonds is 12. The molecule has 2 aliphatic rings. The van der Waals surface area contributed by atoms with Crippen LogP contribution < -0.4 is 18.9 Å². The number of methoxy groups -OCH3 is 4. The first-order valence-electron chi connectivity index (χ1n) is 20.9. The van der Waals surface area contributed by atoms with Crippen molar-refractivity contribution in [3.63, 3.8) is 0 Å². The maximum Gasteiger partial charge on any atom is 0.145 e. The Hall–Kier alpha value is -7.66. The highest BCUT2D eigenvalue weighted by Gasteiger charge is 2.58. The van der Waals surface area contributed by atoms with Crippen LogP contribution in [0, 0.1) is 0 Å². The van der Waals surface area contributed by atoms with Gasteiger partial charge in [-0.25, -0.2) is 9.97 Å². The van der Waals surface area contributed by atoms with Gasteiger partial charge in [0.25, 0.3) is 0 Å². The number of aromatic amines is 2. The molecule has 4 aromatic carbocycles. The molecule has 0 fully saturated rings. The van der Waals surface area contributed by atoms with Crippen LogP contribution in [0.2, 0.25) is 0 Å². The van der Waals surface area contributed by atoms with Gasteiger partial charge in [0.2, 0.25) is 0 Å². The van der Waals surface area contributed by atoms with Gasteiger partial charge in [0.1, 0.15) is 34.2 Å². The van der Waals surface area contributed by atoms with Gasteiger partial charge in [-0.2, -0.15) is 0 Å². The molecule has 3 aromatic heterocycles. The normalized spacial score (nSPS) is 16.6. The van der Waals surface area contributed by atoms with E-state index in [0.717, 1.165) is 33.3 Å². The summed E-state index contributed by atoms with van der Waals surface area (Å²) in [5.41, 5.74) is 6.36. The van der Waals surface area contributed by atoms with Crippen molar-refractivity contribution >= 4 is 34.2 Å². The summed E-state index contributed by atoms with van der Waals surface area (Å²) < 4.78 is 22.9. The van der Waals surface area contributed by atoms with Crippen LogP contribution in [-0.2, 0) is 11.2 Å². The van der Waals surface area contributed by atoms with Crippen LogP contribution in [0.25, 0.3) is 78.7 Å². The van der Waals surface area contributed by atoms with E-state index in [1.165, 1.54) is 0 Å². The van der Waals surface area contributed by atoms with Crippen LogP contribution in [0.3, 0.4) is 0 Å². The number of aliphatic hydroxyl groups is 2. The molecule has 2 atom stereocenters. The number of nitrogens with zero attached hydrogens (tertiary/aromatic N) is 2. The smallest absolute Gasteiger partial charge is 0.145 e. The molecule has 64 heavy (non-hydrogen) atoms. The van der Waals surface area contributed by atoms with Gasteiger partial charge in [-0.05, 0) is 107 Å². The lowest BCUT2D eigenvalue weighted by molar-refractivity contribution is -0.154. The molecular weight excluding hydrogens is 801 g/mol. The van der Waals surface area contributed by atoms with E-state index >= 15 is 0 Å². The summed E-state index contributed by atoms with van der Waals surface area (Å²) in [5.74, 6) is 2.57. The third-order valence-electron chi connectivity index (χ3n) is 12.1. The lowest BCUT2D eigenvalue weighted by atomic mass is 9.73. The van der Waals surface area contributed by atoms with E-state index in [1.54, 1.807) is 40.6 Å². The first kappa shape index (κ1) is 41.7. The quantitative estimate of drug-likeness (QED) is 0.0893. The predicted molar refractivity (Wildman–Crippen MR) is 255 cm³/mol. The molecule has 5 heterocycles. The third kappa shape index (κ3) is 7.03. The Morgan fingerprint density at radius 1 is 0.469 bits per heavy atom. The largest absolute Gasteiger partial charge is 0.497 e. The van der Waals surface area contributed by atoms with Crippen molar-refractivity contribution in [2.75, 3.05) is 28.4 Å². The first-order chi connectivity index (χ1) is 31.2. The number of nitrogens with one attached hydrogen (secondary N) is 2. The monoisotopic (exact) mass is 848 g/mol. The minimum Gasteiger partial charge on any atom is -0.497 e. The molecule has 0 amide bonds. The Labute approximate surface area is 371 Å². The molecule has 0 spiro atoms. The molecule has 9 rings (SSSR count). The second-order valence-electron chi connectivity index (χ2n) is 15.7. The molecule has 2 aliphatic heterocycles. The highest BCUT2D eigenvalue weighted by molar-refractivity contribution is 5.98. The molecule has 320 valence electrons. The predicted octanol–water partition coefficient (Wildman–Crippen LogP) is 11.4. The summed E-state index contributed by atoms with van der Waals surface area (Å²) in [6.07, 6.45) is 7.15. The highest BCUT2D eigenvalue weighted by Crippen LogP contribution is 2.54. The summed E-state index contributed by atoms with van der Waals surface area (Å²) >= 11 is 0. The molecule has 2 unspecified atom stereocenters. The van der Waals surface area contributed by atoms with E-state index in [4.69, 9.17) is 28.9 Å². The fraction of sp³-hybridized carbons (Fsp3) is 0.148. The van der Waals surface area contributed by atoms with E-state index < -0.39 is 11.2 Å². The van der Waals surface area contributed by atoms with Crippen molar-refractivity contribution < 1.29 is 29.2 Å². The van der Waals surface area contributed by atoms with E-state index in [2.05, 4.69) is 23.1 Å². The van der Waals surface area contributed by atoms with Crippen molar-refractivity contribution in [2.24, 2.45) is 0 Å². The Morgan fingerprint density at radius 2 is 0.781 bits per heavy atom. The van der Waals surface area contributed by atoms with Crippen molar-refractivity contribution in [3.8, 4) is 67.5 Å². The number of hydrogen-bond donors (Lipinski definition) is 4. The van der Waals surface area contributed by atoms with Crippen molar-refractivity contribution in [3.05, 3.63) is 169 Å². The van der Waals surface area contributed by atoms with Gasteiger partial charge >= 0.3 is 0 Å². The van der Waals surface area contributed by atoms with E-state index in [0.29, 0.717) is 67.7 Å². The number of fused-ring (bicyclic) bond motifs is 8. The Morgan fingerprint density at radius 3 is 1.09 bits per heavy atom. The summed E-state index contributed by atoms with van der Waals surface area (Å²) in [6, 6.07) is 38.8.